The first-order chi connectivity index (χ1) is 10.0. The van der Waals surface area contributed by atoms with E-state index in [4.69, 9.17) is 0 Å². The summed E-state index contributed by atoms with van der Waals surface area (Å²) in [5.41, 5.74) is 4.47. The number of non-ortho nitro benzene ring substituents is 1. The molecule has 0 saturated heterocycles. The number of nitro benzene ring substituents is 1. The van der Waals surface area contributed by atoms with Gasteiger partial charge in [0, 0.05) is 35.5 Å². The molecule has 0 bridgehead atoms. The average Bonchev–Trinajstić information content (AvgIpc) is 2.46. The van der Waals surface area contributed by atoms with Gasteiger partial charge in [-0.1, -0.05) is 17.7 Å². The molecule has 4 nitrogen and oxygen atoms in total. The van der Waals surface area contributed by atoms with E-state index >= 15 is 0 Å². The molecule has 0 atom stereocenters. The largest absolute Gasteiger partial charge is 0.388 e. The molecule has 2 aromatic carbocycles. The Bertz CT molecular complexity index is 671. The molecule has 0 aromatic heterocycles. The van der Waals surface area contributed by atoms with Crippen LogP contribution in [0.4, 0.5) is 11.4 Å². The van der Waals surface area contributed by atoms with Crippen LogP contribution >= 0.6 is 11.8 Å². The van der Waals surface area contributed by atoms with Gasteiger partial charge < -0.3 is 5.32 Å². The van der Waals surface area contributed by atoms with Gasteiger partial charge in [-0.2, -0.15) is 0 Å². The zero-order valence-corrected chi connectivity index (χ0v) is 13.2. The molecule has 0 heterocycles. The summed E-state index contributed by atoms with van der Waals surface area (Å²) in [6.07, 6.45) is 0. The van der Waals surface area contributed by atoms with Gasteiger partial charge in [-0.3, -0.25) is 10.1 Å². The van der Waals surface area contributed by atoms with Crippen LogP contribution in [0.1, 0.15) is 16.7 Å². The van der Waals surface area contributed by atoms with Crippen LogP contribution in [0.25, 0.3) is 0 Å². The number of aryl methyl sites for hydroxylation is 2. The summed E-state index contributed by atoms with van der Waals surface area (Å²) in [6, 6.07) is 11.3. The van der Waals surface area contributed by atoms with E-state index in [1.165, 1.54) is 22.1 Å². The number of hydrogen-bond donors (Lipinski definition) is 1. The van der Waals surface area contributed by atoms with Crippen molar-refractivity contribution in [1.82, 2.24) is 0 Å². The van der Waals surface area contributed by atoms with Crippen LogP contribution in [0.5, 0.6) is 0 Å². The maximum absolute atomic E-state index is 10.9. The lowest BCUT2D eigenvalue weighted by Crippen LogP contribution is -1.97. The SMILES string of the molecule is CNc1ccc([N+](=O)[O-])cc1CSc1ccc(C)cc1C. The standard InChI is InChI=1S/C16H18N2O2S/c1-11-4-7-16(12(2)8-11)21-10-13-9-14(18(19)20)5-6-15(13)17-3/h4-9,17H,10H2,1-3H3. The predicted molar refractivity (Wildman–Crippen MR) is 88.1 cm³/mol. The van der Waals surface area contributed by atoms with E-state index in [0.29, 0.717) is 5.75 Å². The van der Waals surface area contributed by atoms with Gasteiger partial charge in [0.25, 0.3) is 5.69 Å². The van der Waals surface area contributed by atoms with Crippen molar-refractivity contribution in [2.24, 2.45) is 0 Å². The second-order valence-corrected chi connectivity index (χ2v) is 5.92. The van der Waals surface area contributed by atoms with Crippen LogP contribution in [0.3, 0.4) is 0 Å². The van der Waals surface area contributed by atoms with Crippen LogP contribution in [0.15, 0.2) is 41.3 Å². The molecule has 0 aliphatic heterocycles. The van der Waals surface area contributed by atoms with Gasteiger partial charge in [-0.15, -0.1) is 11.8 Å². The monoisotopic (exact) mass is 302 g/mol. The molecule has 0 fully saturated rings. The molecule has 2 rings (SSSR count). The van der Waals surface area contributed by atoms with E-state index in [-0.39, 0.29) is 10.6 Å². The Hall–Kier alpha value is -2.01. The summed E-state index contributed by atoms with van der Waals surface area (Å²) in [5.74, 6) is 0.696. The highest BCUT2D eigenvalue weighted by molar-refractivity contribution is 7.98. The summed E-state index contributed by atoms with van der Waals surface area (Å²) in [4.78, 5) is 11.7. The summed E-state index contributed by atoms with van der Waals surface area (Å²) < 4.78 is 0. The minimum atomic E-state index is -0.356. The molecule has 110 valence electrons. The van der Waals surface area contributed by atoms with Crippen molar-refractivity contribution in [2.75, 3.05) is 12.4 Å². The Balaban J connectivity index is 2.22. The fourth-order valence-electron chi connectivity index (χ4n) is 2.17. The van der Waals surface area contributed by atoms with E-state index in [9.17, 15) is 10.1 Å². The van der Waals surface area contributed by atoms with Gasteiger partial charge in [0.2, 0.25) is 0 Å². The predicted octanol–water partition coefficient (Wildman–Crippen LogP) is 4.55. The average molecular weight is 302 g/mol. The molecule has 5 heteroatoms. The van der Waals surface area contributed by atoms with Crippen molar-refractivity contribution in [3.63, 3.8) is 0 Å². The molecule has 0 radical (unpaired) electrons. The van der Waals surface area contributed by atoms with Gasteiger partial charge >= 0.3 is 0 Å². The molecule has 0 aliphatic rings. The van der Waals surface area contributed by atoms with Crippen molar-refractivity contribution >= 4 is 23.1 Å². The van der Waals surface area contributed by atoms with E-state index in [1.54, 1.807) is 23.9 Å². The first-order valence-electron chi connectivity index (χ1n) is 6.66. The number of hydrogen-bond acceptors (Lipinski definition) is 4. The lowest BCUT2D eigenvalue weighted by Gasteiger charge is -2.10. The molecule has 0 saturated carbocycles. The molecular formula is C16H18N2O2S. The van der Waals surface area contributed by atoms with Crippen LogP contribution in [-0.4, -0.2) is 12.0 Å². The van der Waals surface area contributed by atoms with E-state index in [2.05, 4.69) is 37.4 Å². The van der Waals surface area contributed by atoms with Crippen molar-refractivity contribution in [3.05, 3.63) is 63.2 Å². The fraction of sp³-hybridized carbons (Fsp3) is 0.250. The van der Waals surface area contributed by atoms with Crippen LogP contribution in [0, 0.1) is 24.0 Å². The van der Waals surface area contributed by atoms with Crippen LogP contribution in [-0.2, 0) is 5.75 Å². The second-order valence-electron chi connectivity index (χ2n) is 4.91. The smallest absolute Gasteiger partial charge is 0.269 e. The number of nitrogens with zero attached hydrogens (tertiary/aromatic N) is 1. The second kappa shape index (κ2) is 6.63. The van der Waals surface area contributed by atoms with E-state index in [0.717, 1.165) is 11.3 Å². The van der Waals surface area contributed by atoms with E-state index in [1.807, 2.05) is 7.05 Å². The highest BCUT2D eigenvalue weighted by atomic mass is 32.2. The third kappa shape index (κ3) is 3.76. The zero-order valence-electron chi connectivity index (χ0n) is 12.3. The molecule has 21 heavy (non-hydrogen) atoms. The quantitative estimate of drug-likeness (QED) is 0.500. The lowest BCUT2D eigenvalue weighted by atomic mass is 10.2. The molecule has 0 aliphatic carbocycles. The Kier molecular flexibility index (Phi) is 4.85. The van der Waals surface area contributed by atoms with Crippen molar-refractivity contribution < 1.29 is 4.92 Å². The minimum absolute atomic E-state index is 0.130. The molecule has 0 unspecified atom stereocenters. The number of benzene rings is 2. The topological polar surface area (TPSA) is 55.2 Å². The number of rotatable bonds is 5. The van der Waals surface area contributed by atoms with Gasteiger partial charge in [0.1, 0.15) is 0 Å². The van der Waals surface area contributed by atoms with Gasteiger partial charge in [-0.05, 0) is 37.1 Å². The minimum Gasteiger partial charge on any atom is -0.388 e. The third-order valence-electron chi connectivity index (χ3n) is 3.28. The number of anilines is 1. The first kappa shape index (κ1) is 15.4. The van der Waals surface area contributed by atoms with E-state index < -0.39 is 0 Å². The van der Waals surface area contributed by atoms with Gasteiger partial charge in [0.15, 0.2) is 0 Å². The van der Waals surface area contributed by atoms with Crippen LogP contribution in [0.2, 0.25) is 0 Å². The molecule has 0 spiro atoms. The normalized spacial score (nSPS) is 10.4. The Morgan fingerprint density at radius 2 is 1.95 bits per heavy atom. The third-order valence-corrected chi connectivity index (χ3v) is 4.51. The lowest BCUT2D eigenvalue weighted by molar-refractivity contribution is -0.384. The summed E-state index contributed by atoms with van der Waals surface area (Å²) >= 11 is 1.70. The summed E-state index contributed by atoms with van der Waals surface area (Å²) in [7, 11) is 1.83. The molecular weight excluding hydrogens is 284 g/mol. The van der Waals surface area contributed by atoms with Crippen molar-refractivity contribution in [3.8, 4) is 0 Å². The molecule has 1 N–H and O–H groups in total. The summed E-state index contributed by atoms with van der Waals surface area (Å²) in [5, 5.41) is 14.0. The van der Waals surface area contributed by atoms with Crippen molar-refractivity contribution in [1.29, 1.82) is 0 Å². The first-order valence-corrected chi connectivity index (χ1v) is 7.65. The number of nitrogens with one attached hydrogen (secondary N) is 1. The number of thioether (sulfide) groups is 1. The Labute approximate surface area is 128 Å². The molecule has 0 amide bonds. The Morgan fingerprint density at radius 1 is 1.19 bits per heavy atom. The fourth-order valence-corrected chi connectivity index (χ4v) is 3.17. The zero-order chi connectivity index (χ0) is 15.4. The van der Waals surface area contributed by atoms with Gasteiger partial charge in [0.05, 0.1) is 4.92 Å². The summed E-state index contributed by atoms with van der Waals surface area (Å²) in [6.45, 7) is 4.16. The molecule has 2 aromatic rings. The Morgan fingerprint density at radius 3 is 2.57 bits per heavy atom. The highest BCUT2D eigenvalue weighted by Gasteiger charge is 2.11. The van der Waals surface area contributed by atoms with Gasteiger partial charge in [-0.25, -0.2) is 0 Å². The number of nitro groups is 1. The maximum atomic E-state index is 10.9. The van der Waals surface area contributed by atoms with Crippen LogP contribution < -0.4 is 5.32 Å². The maximum Gasteiger partial charge on any atom is 0.269 e. The van der Waals surface area contributed by atoms with Crippen molar-refractivity contribution in [2.45, 2.75) is 24.5 Å². The highest BCUT2D eigenvalue weighted by Crippen LogP contribution is 2.31.